The van der Waals surface area contributed by atoms with Crippen LogP contribution < -0.4 is 92.6 Å². The molecule has 0 atom stereocenters. The van der Waals surface area contributed by atoms with E-state index in [1.807, 2.05) is 0 Å². The number of anilines is 13. The lowest BCUT2D eigenvalue weighted by molar-refractivity contribution is 0.000476. The molecule has 0 saturated heterocycles. The molecule has 8 saturated carbocycles. The second-order valence-electron chi connectivity index (χ2n) is 34.3. The van der Waals surface area contributed by atoms with Gasteiger partial charge in [0.15, 0.2) is 0 Å². The molecular weight excluding hydrogens is 1340 g/mol. The molecule has 12 heteroatoms. The van der Waals surface area contributed by atoms with E-state index in [0.717, 1.165) is 152 Å². The van der Waals surface area contributed by atoms with E-state index in [1.165, 1.54) is 94.1 Å². The van der Waals surface area contributed by atoms with Crippen LogP contribution in [0.25, 0.3) is 0 Å². The van der Waals surface area contributed by atoms with Crippen molar-refractivity contribution in [3.8, 4) is 46.0 Å². The maximum Gasteiger partial charge on any atom is 0.260 e. The van der Waals surface area contributed by atoms with Crippen molar-refractivity contribution in [1.82, 2.24) is 0 Å². The van der Waals surface area contributed by atoms with E-state index >= 15 is 0 Å². The van der Waals surface area contributed by atoms with E-state index in [4.69, 9.17) is 18.9 Å². The molecule has 13 aromatic carbocycles. The van der Waals surface area contributed by atoms with Gasteiger partial charge in [0.05, 0.1) is 17.1 Å². The predicted molar refractivity (Wildman–Crippen MR) is 449 cm³/mol. The Hall–Kier alpha value is -11.7. The first-order chi connectivity index (χ1) is 54.3. The first kappa shape index (κ1) is 62.2. The highest BCUT2D eigenvalue weighted by atomic mass is 16.5. The van der Waals surface area contributed by atoms with E-state index in [0.29, 0.717) is 35.5 Å². The highest BCUT2D eigenvalue weighted by molar-refractivity contribution is 7.03. The highest BCUT2D eigenvalue weighted by Crippen LogP contribution is 2.64. The van der Waals surface area contributed by atoms with Crippen molar-refractivity contribution in [2.75, 3.05) is 24.5 Å². The third kappa shape index (κ3) is 9.19. The molecule has 13 aromatic rings. The van der Waals surface area contributed by atoms with Crippen molar-refractivity contribution < 1.29 is 18.9 Å². The lowest BCUT2D eigenvalue weighted by Crippen LogP contribution is -2.68. The molecule has 8 bridgehead atoms. The molecule has 0 spiro atoms. The van der Waals surface area contributed by atoms with E-state index in [2.05, 4.69) is 316 Å². The summed E-state index contributed by atoms with van der Waals surface area (Å²) in [5.74, 6) is 11.1. The number of hydrogen-bond acceptors (Lipinski definition) is 9. The van der Waals surface area contributed by atoms with Gasteiger partial charge in [-0.05, 0) is 253 Å². The summed E-state index contributed by atoms with van der Waals surface area (Å²) in [6.45, 7) is -0.614. The van der Waals surface area contributed by atoms with E-state index < -0.39 is 0 Å². The Bertz CT molecular complexity index is 5460. The first-order valence-corrected chi connectivity index (χ1v) is 40.4. The van der Waals surface area contributed by atoms with Gasteiger partial charge in [-0.2, -0.15) is 0 Å². The Morgan fingerprint density at radius 3 is 0.809 bits per heavy atom. The fourth-order valence-electron chi connectivity index (χ4n) is 24.7. The van der Waals surface area contributed by atoms with Gasteiger partial charge in [0.25, 0.3) is 20.1 Å². The summed E-state index contributed by atoms with van der Waals surface area (Å²) >= 11 is 0. The van der Waals surface area contributed by atoms with Gasteiger partial charge in [0, 0.05) is 110 Å². The summed E-state index contributed by atoms with van der Waals surface area (Å²) in [4.78, 5) is 13.1. The number of rotatable bonds is 11. The molecule has 9 nitrogen and oxygen atoms in total. The van der Waals surface area contributed by atoms with Gasteiger partial charge in [-0.3, -0.25) is 0 Å². The molecule has 6 aliphatic heterocycles. The minimum absolute atomic E-state index is 0.140. The summed E-state index contributed by atoms with van der Waals surface area (Å²) in [5, 5.41) is 0. The molecule has 0 unspecified atom stereocenters. The number of ether oxygens (including phenoxy) is 4. The number of nitrogens with zero attached hydrogens (tertiary/aromatic N) is 5. The van der Waals surface area contributed by atoms with Crippen LogP contribution in [-0.4, -0.2) is 31.2 Å². The van der Waals surface area contributed by atoms with Crippen LogP contribution in [0.4, 0.5) is 73.9 Å². The number of para-hydroxylation sites is 8. The van der Waals surface area contributed by atoms with Crippen molar-refractivity contribution in [3.05, 3.63) is 291 Å². The molecule has 110 heavy (non-hydrogen) atoms. The van der Waals surface area contributed by atoms with Crippen molar-refractivity contribution in [2.45, 2.75) is 88.1 Å². The summed E-state index contributed by atoms with van der Waals surface area (Å²) in [5.41, 5.74) is 25.1. The van der Waals surface area contributed by atoms with Crippen LogP contribution in [0.2, 0.25) is 0 Å². The molecule has 0 N–H and O–H groups in total. The molecule has 27 rings (SSSR count). The van der Waals surface area contributed by atoms with Crippen LogP contribution >= 0.6 is 0 Å². The zero-order valence-corrected chi connectivity index (χ0v) is 61.3. The maximum absolute atomic E-state index is 8.00. The molecular formula is C98H78B3N5O4. The minimum atomic E-state index is -0.299. The van der Waals surface area contributed by atoms with Crippen LogP contribution in [0, 0.1) is 35.5 Å². The highest BCUT2D eigenvalue weighted by Gasteiger charge is 2.60. The lowest BCUT2D eigenvalue weighted by Gasteiger charge is -2.62. The van der Waals surface area contributed by atoms with Gasteiger partial charge in [-0.25, -0.2) is 0 Å². The maximum atomic E-state index is 8.00. The quantitative estimate of drug-likeness (QED) is 0.118. The van der Waals surface area contributed by atoms with Gasteiger partial charge in [-0.1, -0.05) is 158 Å². The number of benzene rings is 13. The van der Waals surface area contributed by atoms with Crippen LogP contribution in [-0.2, 0) is 0 Å². The van der Waals surface area contributed by atoms with Gasteiger partial charge in [-0.15, -0.1) is 0 Å². The zero-order valence-electron chi connectivity index (χ0n) is 61.3. The molecule has 0 radical (unpaired) electrons. The average Bonchev–Trinajstić information content (AvgIpc) is 0.683. The minimum Gasteiger partial charge on any atom is -0.458 e. The van der Waals surface area contributed by atoms with Crippen LogP contribution in [0.15, 0.2) is 291 Å². The van der Waals surface area contributed by atoms with Gasteiger partial charge >= 0.3 is 0 Å². The van der Waals surface area contributed by atoms with Crippen molar-refractivity contribution >= 4 is 143 Å². The average molecular weight is 1420 g/mol. The summed E-state index contributed by atoms with van der Waals surface area (Å²) < 4.78 is 31.0. The summed E-state index contributed by atoms with van der Waals surface area (Å²) in [6, 6.07) is 108. The molecule has 6 heterocycles. The smallest absolute Gasteiger partial charge is 0.260 e. The Kier molecular flexibility index (Phi) is 13.2. The molecule has 0 amide bonds. The molecule has 14 aliphatic rings. The van der Waals surface area contributed by atoms with Gasteiger partial charge < -0.3 is 43.4 Å². The number of fused-ring (bicyclic) bond motifs is 12. The SMILES string of the molecule is c1ccc(N(c2ccccc2)c2cc3c4c(c2)Oc2cc5c(cc2B4c2cc4c(cc2O3)N(C23CC6CC(CC(C6)C2)C3)c2cc(N(c3ccccc3)c3ccccc3)cc3c2B4c2ccccc2O3)B2c3ccccc3Oc3cc(N(c4ccccc4)c4ccccc4)cc(c32)N5C23CC4CC(CC(C4)C2)C3)cc1. The largest absolute Gasteiger partial charge is 0.458 e. The Morgan fingerprint density at radius 2 is 0.491 bits per heavy atom. The molecule has 8 fully saturated rings. The van der Waals surface area contributed by atoms with Crippen LogP contribution in [0.3, 0.4) is 0 Å². The van der Waals surface area contributed by atoms with Crippen molar-refractivity contribution in [1.29, 1.82) is 0 Å². The second kappa shape index (κ2) is 23.4. The predicted octanol–water partition coefficient (Wildman–Crippen LogP) is 18.9. The molecule has 0 aromatic heterocycles. The Balaban J connectivity index is 0.752. The van der Waals surface area contributed by atoms with E-state index in [9.17, 15) is 0 Å². The monoisotopic (exact) mass is 1420 g/mol. The van der Waals surface area contributed by atoms with Gasteiger partial charge in [0.2, 0.25) is 0 Å². The third-order valence-electron chi connectivity index (χ3n) is 27.9. The fraction of sp³-hybridized carbons (Fsp3) is 0.204. The normalized spacial score (nSPS) is 23.1. The van der Waals surface area contributed by atoms with Crippen LogP contribution in [0.5, 0.6) is 46.0 Å². The number of hydrogen-bond donors (Lipinski definition) is 0. The van der Waals surface area contributed by atoms with Crippen molar-refractivity contribution in [2.24, 2.45) is 35.5 Å². The van der Waals surface area contributed by atoms with E-state index in [-0.39, 0.29) is 31.2 Å². The molecule has 528 valence electrons. The summed E-state index contributed by atoms with van der Waals surface area (Å²) in [6.07, 6.45) is 14.9. The second-order valence-corrected chi connectivity index (χ2v) is 34.3. The lowest BCUT2D eigenvalue weighted by atomic mass is 9.30. The standard InChI is InChI=1S/C98H78B3N5O4/c1-7-23-67(24-8-1)102(68-25-9-2-10-26-68)73-45-84-94-90(47-73)107-86-37-21-19-35-76(86)99(94)78-51-80-88(53-82(78)105(84)97-55-61-39-62(56-97)41-63(40-61)57-97)109-92-49-75(104(71-31-15-5-16-32-71)72-33-17-6-18-34-72)50-93-96(92)101(80)81-52-79-83(54-89(81)110-93)106(98-58-64-42-65(59-98)44-66(43-64)60-98)85-46-74(48-91-95(85)100(79)77-36-20-22-38-87(77)108-91)103(69-27-11-3-12-28-69)70-29-13-4-14-30-70/h1-38,45-54,61-66H,39-44,55-60H2. The Morgan fingerprint density at radius 1 is 0.227 bits per heavy atom. The van der Waals surface area contributed by atoms with Crippen LogP contribution in [0.1, 0.15) is 77.0 Å². The van der Waals surface area contributed by atoms with Crippen molar-refractivity contribution in [3.63, 3.8) is 0 Å². The zero-order chi connectivity index (χ0) is 71.7. The first-order valence-electron chi connectivity index (χ1n) is 40.4. The van der Waals surface area contributed by atoms with Gasteiger partial charge in [0.1, 0.15) is 46.0 Å². The molecule has 8 aliphatic carbocycles. The Labute approximate surface area is 643 Å². The topological polar surface area (TPSA) is 53.1 Å². The summed E-state index contributed by atoms with van der Waals surface area (Å²) in [7, 11) is 0. The third-order valence-corrected chi connectivity index (χ3v) is 27.9. The fourth-order valence-corrected chi connectivity index (χ4v) is 24.7. The van der Waals surface area contributed by atoms with E-state index in [1.54, 1.807) is 0 Å².